The number of anilines is 1. The Balaban J connectivity index is 2.14. The Kier molecular flexibility index (Phi) is 3.44. The fourth-order valence-corrected chi connectivity index (χ4v) is 3.75. The molecule has 1 atom stereocenters. The molecule has 3 rings (SSSR count). The number of aryl methyl sites for hydroxylation is 2. The maximum Gasteiger partial charge on any atom is 0.141 e. The van der Waals surface area contributed by atoms with Crippen molar-refractivity contribution in [2.75, 3.05) is 11.4 Å². The Labute approximate surface area is 118 Å². The summed E-state index contributed by atoms with van der Waals surface area (Å²) in [5.74, 6) is 2.14. The van der Waals surface area contributed by atoms with Crippen LogP contribution in [-0.4, -0.2) is 22.6 Å². The van der Waals surface area contributed by atoms with Crippen molar-refractivity contribution in [3.05, 3.63) is 16.8 Å². The van der Waals surface area contributed by atoms with E-state index in [2.05, 4.69) is 36.7 Å². The molecule has 3 heterocycles. The highest BCUT2D eigenvalue weighted by atomic mass is 32.1. The van der Waals surface area contributed by atoms with Gasteiger partial charge < -0.3 is 4.90 Å². The van der Waals surface area contributed by atoms with E-state index in [0.29, 0.717) is 6.04 Å². The number of hydrogen-bond acceptors (Lipinski definition) is 4. The average Bonchev–Trinajstić information content (AvgIpc) is 2.78. The molecule has 2 aromatic heterocycles. The van der Waals surface area contributed by atoms with Gasteiger partial charge in [0.15, 0.2) is 0 Å². The minimum Gasteiger partial charge on any atom is -0.353 e. The maximum atomic E-state index is 4.83. The minimum atomic E-state index is 0.594. The summed E-state index contributed by atoms with van der Waals surface area (Å²) in [5.41, 5.74) is 0. The Bertz CT molecular complexity index is 590. The Hall–Kier alpha value is -1.16. The van der Waals surface area contributed by atoms with Gasteiger partial charge in [-0.2, -0.15) is 0 Å². The van der Waals surface area contributed by atoms with E-state index in [9.17, 15) is 0 Å². The molecule has 102 valence electrons. The SMILES string of the molecule is CCc1nc(N2CCCCC2C)c2cc(C)sc2n1. The molecule has 0 radical (unpaired) electrons. The molecule has 2 aromatic rings. The molecule has 0 aromatic carbocycles. The zero-order valence-corrected chi connectivity index (χ0v) is 12.8. The van der Waals surface area contributed by atoms with Gasteiger partial charge in [0, 0.05) is 23.9 Å². The average molecular weight is 275 g/mol. The molecule has 0 N–H and O–H groups in total. The number of nitrogens with zero attached hydrogens (tertiary/aromatic N) is 3. The lowest BCUT2D eigenvalue weighted by Crippen LogP contribution is -2.38. The monoisotopic (exact) mass is 275 g/mol. The molecular formula is C15H21N3S. The lowest BCUT2D eigenvalue weighted by Gasteiger charge is -2.34. The van der Waals surface area contributed by atoms with Crippen LogP contribution in [0.3, 0.4) is 0 Å². The van der Waals surface area contributed by atoms with Crippen LogP contribution in [0.25, 0.3) is 10.2 Å². The number of aromatic nitrogens is 2. The van der Waals surface area contributed by atoms with Crippen LogP contribution >= 0.6 is 11.3 Å². The maximum absolute atomic E-state index is 4.83. The third-order valence-electron chi connectivity index (χ3n) is 3.93. The van der Waals surface area contributed by atoms with E-state index < -0.39 is 0 Å². The number of rotatable bonds is 2. The van der Waals surface area contributed by atoms with E-state index in [-0.39, 0.29) is 0 Å². The standard InChI is InChI=1S/C15H21N3S/c1-4-13-16-14(18-8-6-5-7-10(18)2)12-9-11(3)19-15(12)17-13/h9-10H,4-8H2,1-3H3. The zero-order chi connectivity index (χ0) is 13.4. The summed E-state index contributed by atoms with van der Waals surface area (Å²) in [6.45, 7) is 7.73. The minimum absolute atomic E-state index is 0.594. The van der Waals surface area contributed by atoms with Crippen LogP contribution in [0.15, 0.2) is 6.07 Å². The van der Waals surface area contributed by atoms with Crippen LogP contribution < -0.4 is 4.90 Å². The first-order valence-corrected chi connectivity index (χ1v) is 8.04. The van der Waals surface area contributed by atoms with Gasteiger partial charge in [-0.05, 0) is 39.2 Å². The van der Waals surface area contributed by atoms with Crippen molar-refractivity contribution in [2.24, 2.45) is 0 Å². The normalized spacial score (nSPS) is 20.2. The third kappa shape index (κ3) is 2.34. The number of fused-ring (bicyclic) bond motifs is 1. The number of piperidine rings is 1. The molecule has 0 saturated carbocycles. The first-order chi connectivity index (χ1) is 9.19. The number of thiophene rings is 1. The first-order valence-electron chi connectivity index (χ1n) is 7.22. The van der Waals surface area contributed by atoms with Crippen LogP contribution in [0.5, 0.6) is 0 Å². The van der Waals surface area contributed by atoms with Gasteiger partial charge in [-0.1, -0.05) is 6.92 Å². The molecule has 1 aliphatic heterocycles. The highest BCUT2D eigenvalue weighted by Gasteiger charge is 2.23. The van der Waals surface area contributed by atoms with Crippen LogP contribution in [0.2, 0.25) is 0 Å². The van der Waals surface area contributed by atoms with Gasteiger partial charge in [0.25, 0.3) is 0 Å². The molecule has 1 unspecified atom stereocenters. The molecule has 1 aliphatic rings. The second-order valence-corrected chi connectivity index (χ2v) is 6.67. The smallest absolute Gasteiger partial charge is 0.141 e. The van der Waals surface area contributed by atoms with Gasteiger partial charge in [-0.25, -0.2) is 9.97 Å². The highest BCUT2D eigenvalue weighted by molar-refractivity contribution is 7.18. The Morgan fingerprint density at radius 3 is 2.95 bits per heavy atom. The molecule has 0 amide bonds. The molecular weight excluding hydrogens is 254 g/mol. The summed E-state index contributed by atoms with van der Waals surface area (Å²) in [7, 11) is 0. The third-order valence-corrected chi connectivity index (χ3v) is 4.88. The van der Waals surface area contributed by atoms with Crippen LogP contribution in [-0.2, 0) is 6.42 Å². The van der Waals surface area contributed by atoms with Gasteiger partial charge in [0.2, 0.25) is 0 Å². The summed E-state index contributed by atoms with van der Waals surface area (Å²) >= 11 is 1.78. The fourth-order valence-electron chi connectivity index (χ4n) is 2.86. The molecule has 0 spiro atoms. The van der Waals surface area contributed by atoms with E-state index >= 15 is 0 Å². The van der Waals surface area contributed by atoms with Crippen molar-refractivity contribution in [3.8, 4) is 0 Å². The quantitative estimate of drug-likeness (QED) is 0.831. The van der Waals surface area contributed by atoms with Gasteiger partial charge in [-0.15, -0.1) is 11.3 Å². The summed E-state index contributed by atoms with van der Waals surface area (Å²) in [5, 5.41) is 1.24. The molecule has 0 aliphatic carbocycles. The van der Waals surface area contributed by atoms with Crippen LogP contribution in [0, 0.1) is 6.92 Å². The Morgan fingerprint density at radius 1 is 1.37 bits per heavy atom. The van der Waals surface area contributed by atoms with E-state index in [1.807, 2.05) is 0 Å². The van der Waals surface area contributed by atoms with Gasteiger partial charge in [0.05, 0.1) is 5.39 Å². The summed E-state index contributed by atoms with van der Waals surface area (Å²) < 4.78 is 0. The van der Waals surface area contributed by atoms with E-state index in [1.54, 1.807) is 11.3 Å². The largest absolute Gasteiger partial charge is 0.353 e. The fraction of sp³-hybridized carbons (Fsp3) is 0.600. The van der Waals surface area contributed by atoms with Gasteiger partial charge in [-0.3, -0.25) is 0 Å². The summed E-state index contributed by atoms with van der Waals surface area (Å²) in [4.78, 5) is 14.5. The second-order valence-electron chi connectivity index (χ2n) is 5.43. The number of hydrogen-bond donors (Lipinski definition) is 0. The lowest BCUT2D eigenvalue weighted by atomic mass is 10.0. The van der Waals surface area contributed by atoms with Crippen molar-refractivity contribution in [2.45, 2.75) is 52.5 Å². The van der Waals surface area contributed by atoms with Crippen molar-refractivity contribution < 1.29 is 0 Å². The van der Waals surface area contributed by atoms with Crippen molar-refractivity contribution in [3.63, 3.8) is 0 Å². The predicted octanol–water partition coefficient (Wildman–Crippen LogP) is 3.94. The van der Waals surface area contributed by atoms with Gasteiger partial charge in [0.1, 0.15) is 16.5 Å². The van der Waals surface area contributed by atoms with Gasteiger partial charge >= 0.3 is 0 Å². The van der Waals surface area contributed by atoms with E-state index in [1.165, 1.54) is 35.3 Å². The van der Waals surface area contributed by atoms with Crippen molar-refractivity contribution >= 4 is 27.4 Å². The predicted molar refractivity (Wildman–Crippen MR) is 82.2 cm³/mol. The highest BCUT2D eigenvalue weighted by Crippen LogP contribution is 2.33. The topological polar surface area (TPSA) is 29.0 Å². The van der Waals surface area contributed by atoms with Crippen molar-refractivity contribution in [1.82, 2.24) is 9.97 Å². The molecule has 19 heavy (non-hydrogen) atoms. The van der Waals surface area contributed by atoms with Crippen LogP contribution in [0.1, 0.15) is 43.8 Å². The second kappa shape index (κ2) is 5.08. The molecule has 4 heteroatoms. The van der Waals surface area contributed by atoms with Crippen molar-refractivity contribution in [1.29, 1.82) is 0 Å². The molecule has 0 bridgehead atoms. The zero-order valence-electron chi connectivity index (χ0n) is 11.9. The van der Waals surface area contributed by atoms with Crippen LogP contribution in [0.4, 0.5) is 5.82 Å². The van der Waals surface area contributed by atoms with E-state index in [4.69, 9.17) is 4.98 Å². The van der Waals surface area contributed by atoms with E-state index in [0.717, 1.165) is 23.6 Å². The summed E-state index contributed by atoms with van der Waals surface area (Å²) in [6, 6.07) is 2.84. The Morgan fingerprint density at radius 2 is 2.21 bits per heavy atom. The first kappa shape index (κ1) is 12.9. The molecule has 1 fully saturated rings. The summed E-state index contributed by atoms with van der Waals surface area (Å²) in [6.07, 6.45) is 4.80. The lowest BCUT2D eigenvalue weighted by molar-refractivity contribution is 0.482. The molecule has 3 nitrogen and oxygen atoms in total. The molecule has 1 saturated heterocycles.